The molecule has 4 nitrogen and oxygen atoms in total. The topological polar surface area (TPSA) is 61.5 Å². The Morgan fingerprint density at radius 3 is 2.71 bits per heavy atom. The molecular formula is C15H13BrFNO3. The summed E-state index contributed by atoms with van der Waals surface area (Å²) in [7, 11) is 1.55. The Morgan fingerprint density at radius 2 is 2.05 bits per heavy atom. The van der Waals surface area contributed by atoms with Gasteiger partial charge in [0.2, 0.25) is 0 Å². The number of hydrogen-bond acceptors (Lipinski definition) is 4. The zero-order valence-electron chi connectivity index (χ0n) is 11.2. The van der Waals surface area contributed by atoms with Crippen LogP contribution in [0.15, 0.2) is 40.9 Å². The van der Waals surface area contributed by atoms with Crippen LogP contribution in [0.5, 0.6) is 5.75 Å². The Labute approximate surface area is 129 Å². The van der Waals surface area contributed by atoms with E-state index in [1.165, 1.54) is 6.07 Å². The highest BCUT2D eigenvalue weighted by Crippen LogP contribution is 2.24. The third-order valence-electron chi connectivity index (χ3n) is 2.85. The van der Waals surface area contributed by atoms with E-state index in [0.29, 0.717) is 5.75 Å². The van der Waals surface area contributed by atoms with Crippen LogP contribution in [0.1, 0.15) is 15.9 Å². The first-order valence-corrected chi connectivity index (χ1v) is 6.85. The Hall–Kier alpha value is -2.08. The molecule has 0 aromatic heterocycles. The molecule has 0 heterocycles. The van der Waals surface area contributed by atoms with E-state index in [2.05, 4.69) is 15.9 Å². The minimum atomic E-state index is -0.609. The molecule has 0 atom stereocenters. The normalized spacial score (nSPS) is 10.2. The number of ether oxygens (including phenoxy) is 2. The Kier molecular flexibility index (Phi) is 4.80. The van der Waals surface area contributed by atoms with E-state index in [9.17, 15) is 9.18 Å². The highest BCUT2D eigenvalue weighted by Gasteiger charge is 2.13. The zero-order chi connectivity index (χ0) is 15.4. The lowest BCUT2D eigenvalue weighted by Crippen LogP contribution is -2.09. The average molecular weight is 354 g/mol. The molecule has 0 unspecified atom stereocenters. The second kappa shape index (κ2) is 6.58. The molecule has 0 aliphatic rings. The van der Waals surface area contributed by atoms with Gasteiger partial charge < -0.3 is 15.2 Å². The lowest BCUT2D eigenvalue weighted by atomic mass is 10.2. The summed E-state index contributed by atoms with van der Waals surface area (Å²) >= 11 is 3.37. The number of hydrogen-bond donors (Lipinski definition) is 1. The molecule has 0 bridgehead atoms. The minimum absolute atomic E-state index is 0.0460. The van der Waals surface area contributed by atoms with Gasteiger partial charge in [-0.3, -0.25) is 0 Å². The molecule has 0 spiro atoms. The first-order valence-electron chi connectivity index (χ1n) is 6.06. The van der Waals surface area contributed by atoms with Crippen LogP contribution in [0.25, 0.3) is 0 Å². The summed E-state index contributed by atoms with van der Waals surface area (Å²) in [5.74, 6) is -0.452. The van der Waals surface area contributed by atoms with Crippen LogP contribution < -0.4 is 10.5 Å². The number of carbonyl (C=O) groups excluding carboxylic acids is 1. The van der Waals surface area contributed by atoms with Crippen molar-refractivity contribution in [1.82, 2.24) is 0 Å². The van der Waals surface area contributed by atoms with Gasteiger partial charge in [-0.25, -0.2) is 9.18 Å². The molecule has 0 saturated heterocycles. The van der Waals surface area contributed by atoms with Crippen LogP contribution in [-0.2, 0) is 11.3 Å². The second-order valence-electron chi connectivity index (χ2n) is 4.27. The molecule has 6 heteroatoms. The van der Waals surface area contributed by atoms with Crippen molar-refractivity contribution < 1.29 is 18.7 Å². The minimum Gasteiger partial charge on any atom is -0.497 e. The molecule has 2 aromatic carbocycles. The number of rotatable bonds is 4. The molecule has 2 rings (SSSR count). The van der Waals surface area contributed by atoms with Gasteiger partial charge >= 0.3 is 5.97 Å². The zero-order valence-corrected chi connectivity index (χ0v) is 12.8. The lowest BCUT2D eigenvalue weighted by Gasteiger charge is -2.09. The van der Waals surface area contributed by atoms with E-state index >= 15 is 0 Å². The van der Waals surface area contributed by atoms with Gasteiger partial charge in [-0.1, -0.05) is 15.9 Å². The maximum absolute atomic E-state index is 12.9. The van der Waals surface area contributed by atoms with Gasteiger partial charge in [0.1, 0.15) is 18.2 Å². The van der Waals surface area contributed by atoms with E-state index in [-0.39, 0.29) is 17.9 Å². The maximum atomic E-state index is 12.9. The number of esters is 1. The van der Waals surface area contributed by atoms with E-state index in [4.69, 9.17) is 15.2 Å². The summed E-state index contributed by atoms with van der Waals surface area (Å²) in [6.45, 7) is 0.0490. The monoisotopic (exact) mass is 353 g/mol. The third kappa shape index (κ3) is 3.72. The first kappa shape index (κ1) is 15.3. The van der Waals surface area contributed by atoms with Gasteiger partial charge in [0.15, 0.2) is 0 Å². The van der Waals surface area contributed by atoms with Gasteiger partial charge in [0.25, 0.3) is 0 Å². The van der Waals surface area contributed by atoms with Crippen molar-refractivity contribution >= 4 is 27.6 Å². The van der Waals surface area contributed by atoms with E-state index in [1.807, 2.05) is 0 Å². The smallest absolute Gasteiger partial charge is 0.340 e. The number of halogens is 2. The fraction of sp³-hybridized carbons (Fsp3) is 0.133. The summed E-state index contributed by atoms with van der Waals surface area (Å²) in [4.78, 5) is 11.9. The van der Waals surface area contributed by atoms with E-state index in [0.717, 1.165) is 22.2 Å². The van der Waals surface area contributed by atoms with Crippen LogP contribution >= 0.6 is 15.9 Å². The molecule has 0 amide bonds. The van der Waals surface area contributed by atoms with Crippen LogP contribution in [0.2, 0.25) is 0 Å². The molecule has 0 aliphatic carbocycles. The third-order valence-corrected chi connectivity index (χ3v) is 3.62. The Bertz CT molecular complexity index is 676. The number of nitrogens with two attached hydrogens (primary N) is 1. The molecule has 21 heavy (non-hydrogen) atoms. The summed E-state index contributed by atoms with van der Waals surface area (Å²) in [5.41, 5.74) is 6.53. The predicted octanol–water partition coefficient (Wildman–Crippen LogP) is 3.54. The van der Waals surface area contributed by atoms with E-state index in [1.54, 1.807) is 25.3 Å². The molecule has 2 aromatic rings. The Morgan fingerprint density at radius 1 is 1.29 bits per heavy atom. The molecule has 0 radical (unpaired) electrons. The summed E-state index contributed by atoms with van der Waals surface area (Å²) in [5, 5.41) is 0. The second-order valence-corrected chi connectivity index (χ2v) is 5.12. The number of nitrogen functional groups attached to an aromatic ring is 1. The van der Waals surface area contributed by atoms with Gasteiger partial charge in [0.05, 0.1) is 12.7 Å². The molecule has 0 fully saturated rings. The van der Waals surface area contributed by atoms with Gasteiger partial charge in [-0.05, 0) is 36.4 Å². The van der Waals surface area contributed by atoms with Crippen molar-refractivity contribution in [1.29, 1.82) is 0 Å². The SMILES string of the molecule is COc1ccc(Br)c(COC(=O)c2ccc(F)cc2N)c1. The van der Waals surface area contributed by atoms with Gasteiger partial charge in [-0.15, -0.1) is 0 Å². The molecule has 0 aliphatic heterocycles. The van der Waals surface area contributed by atoms with Crippen LogP contribution in [0.4, 0.5) is 10.1 Å². The van der Waals surface area contributed by atoms with Crippen LogP contribution in [-0.4, -0.2) is 13.1 Å². The first-order chi connectivity index (χ1) is 10.0. The van der Waals surface area contributed by atoms with Gasteiger partial charge in [-0.2, -0.15) is 0 Å². The standard InChI is InChI=1S/C15H13BrFNO3/c1-20-11-3-5-13(16)9(6-11)8-21-15(19)12-4-2-10(17)7-14(12)18/h2-7H,8,18H2,1H3. The summed E-state index contributed by atoms with van der Waals surface area (Å²) in [6.07, 6.45) is 0. The fourth-order valence-electron chi connectivity index (χ4n) is 1.73. The summed E-state index contributed by atoms with van der Waals surface area (Å²) < 4.78 is 24.0. The number of carbonyl (C=O) groups is 1. The number of methoxy groups -OCH3 is 1. The molecule has 110 valence electrons. The molecular weight excluding hydrogens is 341 g/mol. The van der Waals surface area contributed by atoms with Crippen molar-refractivity contribution in [3.63, 3.8) is 0 Å². The predicted molar refractivity (Wildman–Crippen MR) is 80.6 cm³/mol. The van der Waals surface area contributed by atoms with Crippen molar-refractivity contribution in [2.24, 2.45) is 0 Å². The Balaban J connectivity index is 2.10. The maximum Gasteiger partial charge on any atom is 0.340 e. The lowest BCUT2D eigenvalue weighted by molar-refractivity contribution is 0.0473. The largest absolute Gasteiger partial charge is 0.497 e. The van der Waals surface area contributed by atoms with Crippen LogP contribution in [0.3, 0.4) is 0 Å². The highest BCUT2D eigenvalue weighted by molar-refractivity contribution is 9.10. The summed E-state index contributed by atoms with van der Waals surface area (Å²) in [6, 6.07) is 8.88. The quantitative estimate of drug-likeness (QED) is 0.674. The highest BCUT2D eigenvalue weighted by atomic mass is 79.9. The average Bonchev–Trinajstić information content (AvgIpc) is 2.46. The van der Waals surface area contributed by atoms with Gasteiger partial charge in [0, 0.05) is 15.7 Å². The molecule has 0 saturated carbocycles. The number of anilines is 1. The van der Waals surface area contributed by atoms with E-state index < -0.39 is 11.8 Å². The van der Waals surface area contributed by atoms with Crippen molar-refractivity contribution in [3.8, 4) is 5.75 Å². The van der Waals surface area contributed by atoms with Crippen molar-refractivity contribution in [2.75, 3.05) is 12.8 Å². The fourth-order valence-corrected chi connectivity index (χ4v) is 2.09. The molecule has 2 N–H and O–H groups in total. The number of benzene rings is 2. The van der Waals surface area contributed by atoms with Crippen molar-refractivity contribution in [3.05, 3.63) is 57.8 Å². The van der Waals surface area contributed by atoms with Crippen molar-refractivity contribution in [2.45, 2.75) is 6.61 Å². The van der Waals surface area contributed by atoms with Crippen LogP contribution in [0, 0.1) is 5.82 Å².